The van der Waals surface area contributed by atoms with Gasteiger partial charge in [-0.2, -0.15) is 0 Å². The number of benzene rings is 1. The predicted octanol–water partition coefficient (Wildman–Crippen LogP) is 2.83. The minimum absolute atomic E-state index is 0.0301. The van der Waals surface area contributed by atoms with E-state index >= 15 is 0 Å². The van der Waals surface area contributed by atoms with Crippen molar-refractivity contribution in [1.82, 2.24) is 20.4 Å². The van der Waals surface area contributed by atoms with Crippen LogP contribution in [0.2, 0.25) is 0 Å². The van der Waals surface area contributed by atoms with Crippen LogP contribution in [-0.2, 0) is 20.9 Å². The van der Waals surface area contributed by atoms with E-state index in [1.54, 1.807) is 31.1 Å². The molecule has 10 nitrogen and oxygen atoms in total. The number of amides is 6. The zero-order chi connectivity index (χ0) is 28.7. The number of halogens is 1. The highest BCUT2D eigenvalue weighted by atomic mass is 19.1. The maximum atomic E-state index is 13.2. The quantitative estimate of drug-likeness (QED) is 0.293. The molecular weight excluding hydrogens is 505 g/mol. The molecule has 2 atom stereocenters. The number of ether oxygens (including phenoxy) is 1. The van der Waals surface area contributed by atoms with Crippen LogP contribution in [0.25, 0.3) is 0 Å². The Morgan fingerprint density at radius 3 is 2.59 bits per heavy atom. The average Bonchev–Trinajstić information content (AvgIpc) is 3.35. The highest BCUT2D eigenvalue weighted by Gasteiger charge is 2.29. The fraction of sp³-hybridized carbons (Fsp3) is 0.357. The van der Waals surface area contributed by atoms with Crippen LogP contribution >= 0.6 is 0 Å². The number of hydrogen-bond acceptors (Lipinski definition) is 5. The van der Waals surface area contributed by atoms with Crippen molar-refractivity contribution in [2.24, 2.45) is 0 Å². The molecule has 0 spiro atoms. The predicted molar refractivity (Wildman–Crippen MR) is 144 cm³/mol. The van der Waals surface area contributed by atoms with Gasteiger partial charge in [-0.3, -0.25) is 14.9 Å². The van der Waals surface area contributed by atoms with Gasteiger partial charge in [0.2, 0.25) is 0 Å². The lowest BCUT2D eigenvalue weighted by molar-refractivity contribution is -0.124. The van der Waals surface area contributed by atoms with E-state index in [0.29, 0.717) is 31.7 Å². The van der Waals surface area contributed by atoms with Crippen molar-refractivity contribution in [3.05, 3.63) is 65.0 Å². The molecule has 3 aliphatic rings. The summed E-state index contributed by atoms with van der Waals surface area (Å²) in [6, 6.07) is 3.88. The average molecular weight is 538 g/mol. The van der Waals surface area contributed by atoms with Gasteiger partial charge in [0.1, 0.15) is 5.83 Å². The third kappa shape index (κ3) is 7.55. The number of carbonyl (C=O) groups excluding carboxylic acids is 4. The summed E-state index contributed by atoms with van der Waals surface area (Å²) in [4.78, 5) is 48.6. The minimum Gasteiger partial charge on any atom is -0.375 e. The van der Waals surface area contributed by atoms with Gasteiger partial charge < -0.3 is 25.2 Å². The number of urea groups is 2. The highest BCUT2D eigenvalue weighted by Crippen LogP contribution is 2.27. The Bertz CT molecular complexity index is 1310. The summed E-state index contributed by atoms with van der Waals surface area (Å²) in [6.45, 7) is 8.71. The second-order valence-corrected chi connectivity index (χ2v) is 9.16. The van der Waals surface area contributed by atoms with Crippen LogP contribution in [0.5, 0.6) is 0 Å². The molecular formula is C28H32FN5O5. The normalized spacial score (nSPS) is 19.1. The van der Waals surface area contributed by atoms with Gasteiger partial charge in [-0.15, -0.1) is 0 Å². The van der Waals surface area contributed by atoms with E-state index in [2.05, 4.69) is 34.4 Å². The Labute approximate surface area is 226 Å². The van der Waals surface area contributed by atoms with Crippen LogP contribution in [0.15, 0.2) is 53.9 Å². The Morgan fingerprint density at radius 2 is 1.95 bits per heavy atom. The van der Waals surface area contributed by atoms with E-state index in [0.717, 1.165) is 16.8 Å². The lowest BCUT2D eigenvalue weighted by Gasteiger charge is -2.25. The molecule has 3 aliphatic heterocycles. The third-order valence-electron chi connectivity index (χ3n) is 6.05. The summed E-state index contributed by atoms with van der Waals surface area (Å²) < 4.78 is 18.6. The molecule has 39 heavy (non-hydrogen) atoms. The van der Waals surface area contributed by atoms with Crippen LogP contribution in [0.4, 0.5) is 19.7 Å². The standard InChI is InChI=1S/C14H20FNO2.C14H12N4O3/c1-5-18-10(2)7-6-8-12-9-16(4)14(17)13(12)11(3)15;1-18-7-9-6-8(2-4-10(9)16-14(18)21)3-5-11-12(19)17-13(20)15-11/h6-7,10H,3,5,8-9H2,1-2,4H3;2,4,6,11H,7H2,1H3,(H,16,21)(H2,15,17,19,20)/b7-6-;/t;11-/m.0/s1. The molecule has 3 N–H and O–H groups in total. The molecule has 11 heteroatoms. The van der Waals surface area contributed by atoms with Crippen LogP contribution in [0.3, 0.4) is 0 Å². The molecule has 0 aliphatic carbocycles. The molecule has 1 unspecified atom stereocenters. The molecule has 1 fully saturated rings. The van der Waals surface area contributed by atoms with Gasteiger partial charge in [-0.05, 0) is 49.6 Å². The zero-order valence-corrected chi connectivity index (χ0v) is 22.4. The summed E-state index contributed by atoms with van der Waals surface area (Å²) in [5.74, 6) is 4.18. The van der Waals surface area contributed by atoms with E-state index in [4.69, 9.17) is 4.74 Å². The first-order chi connectivity index (χ1) is 18.5. The Balaban J connectivity index is 0.000000219. The van der Waals surface area contributed by atoms with Crippen molar-refractivity contribution in [2.45, 2.75) is 39.0 Å². The van der Waals surface area contributed by atoms with Gasteiger partial charge in [-0.25, -0.2) is 14.0 Å². The monoisotopic (exact) mass is 537 g/mol. The maximum absolute atomic E-state index is 13.2. The largest absolute Gasteiger partial charge is 0.375 e. The Hall–Kier alpha value is -4.43. The number of likely N-dealkylation sites (N-methyl/N-ethyl adjacent to an activating group) is 1. The van der Waals surface area contributed by atoms with Crippen molar-refractivity contribution < 1.29 is 28.3 Å². The number of nitrogens with zero attached hydrogens (tertiary/aromatic N) is 2. The molecule has 1 aromatic carbocycles. The number of fused-ring (bicyclic) bond motifs is 1. The van der Waals surface area contributed by atoms with E-state index in [9.17, 15) is 23.6 Å². The molecule has 1 aromatic rings. The molecule has 0 saturated carbocycles. The number of allylic oxidation sites excluding steroid dienone is 1. The van der Waals surface area contributed by atoms with Gasteiger partial charge in [0.15, 0.2) is 6.04 Å². The number of rotatable bonds is 6. The van der Waals surface area contributed by atoms with Gasteiger partial charge in [0.25, 0.3) is 11.8 Å². The summed E-state index contributed by atoms with van der Waals surface area (Å²) >= 11 is 0. The summed E-state index contributed by atoms with van der Waals surface area (Å²) in [6.07, 6.45) is 4.40. The number of hydrogen-bond donors (Lipinski definition) is 3. The fourth-order valence-electron chi connectivity index (χ4n) is 4.11. The fourth-order valence-corrected chi connectivity index (χ4v) is 4.11. The molecule has 6 amide bonds. The summed E-state index contributed by atoms with van der Waals surface area (Å²) in [5.41, 5.74) is 3.33. The topological polar surface area (TPSA) is 120 Å². The first-order valence-electron chi connectivity index (χ1n) is 12.4. The summed E-state index contributed by atoms with van der Waals surface area (Å²) in [7, 11) is 3.36. The van der Waals surface area contributed by atoms with Crippen molar-refractivity contribution in [3.8, 4) is 11.8 Å². The number of anilines is 1. The molecule has 4 rings (SSSR count). The van der Waals surface area contributed by atoms with Gasteiger partial charge in [0, 0.05) is 45.0 Å². The lowest BCUT2D eigenvalue weighted by Crippen LogP contribution is -2.35. The van der Waals surface area contributed by atoms with Gasteiger partial charge >= 0.3 is 12.1 Å². The second kappa shape index (κ2) is 12.9. The van der Waals surface area contributed by atoms with E-state index < -0.39 is 23.8 Å². The number of imide groups is 1. The van der Waals surface area contributed by atoms with Gasteiger partial charge in [-0.1, -0.05) is 30.6 Å². The van der Waals surface area contributed by atoms with Crippen molar-refractivity contribution in [1.29, 1.82) is 0 Å². The maximum Gasteiger partial charge on any atom is 0.322 e. The van der Waals surface area contributed by atoms with Crippen molar-refractivity contribution in [3.63, 3.8) is 0 Å². The van der Waals surface area contributed by atoms with Crippen LogP contribution in [0, 0.1) is 11.8 Å². The van der Waals surface area contributed by atoms with Crippen LogP contribution in [-0.4, -0.2) is 73.1 Å². The zero-order valence-electron chi connectivity index (χ0n) is 22.4. The summed E-state index contributed by atoms with van der Waals surface area (Å²) in [5, 5.41) is 7.29. The van der Waals surface area contributed by atoms with Gasteiger partial charge in [0.05, 0.1) is 11.7 Å². The SMILES string of the molecule is C=C(F)C1=C(C/C=C\C(C)OCC)CN(C)C1=O.CN1Cc2cc(C#C[C@@H]3NC(=O)NC3=O)ccc2NC1=O. The molecule has 206 valence electrons. The molecule has 0 radical (unpaired) electrons. The smallest absolute Gasteiger partial charge is 0.322 e. The first kappa shape index (κ1) is 29.1. The molecule has 0 aromatic heterocycles. The number of carbonyl (C=O) groups is 4. The van der Waals surface area contributed by atoms with E-state index in [1.165, 1.54) is 4.90 Å². The van der Waals surface area contributed by atoms with Crippen LogP contribution in [0.1, 0.15) is 31.4 Å². The molecule has 1 saturated heterocycles. The van der Waals surface area contributed by atoms with E-state index in [-0.39, 0.29) is 23.6 Å². The Kier molecular flexibility index (Phi) is 9.62. The Morgan fingerprint density at radius 1 is 1.21 bits per heavy atom. The molecule has 3 heterocycles. The van der Waals surface area contributed by atoms with E-state index in [1.807, 2.05) is 32.1 Å². The second-order valence-electron chi connectivity index (χ2n) is 9.16. The first-order valence-corrected chi connectivity index (χ1v) is 12.4. The van der Waals surface area contributed by atoms with Crippen LogP contribution < -0.4 is 16.0 Å². The highest BCUT2D eigenvalue weighted by molar-refractivity contribution is 6.06. The molecule has 0 bridgehead atoms. The number of nitrogens with one attached hydrogen (secondary N) is 3. The third-order valence-corrected chi connectivity index (χ3v) is 6.05. The lowest BCUT2D eigenvalue weighted by atomic mass is 10.1. The van der Waals surface area contributed by atoms with Crippen molar-refractivity contribution >= 4 is 29.6 Å². The van der Waals surface area contributed by atoms with Crippen molar-refractivity contribution in [2.75, 3.05) is 32.6 Å². The minimum atomic E-state index is -0.823.